The Morgan fingerprint density at radius 3 is 2.44 bits per heavy atom. The molecule has 0 aromatic heterocycles. The number of halogens is 4. The number of anilines is 1. The second kappa shape index (κ2) is 8.88. The van der Waals surface area contributed by atoms with Crippen molar-refractivity contribution in [3.63, 3.8) is 0 Å². The summed E-state index contributed by atoms with van der Waals surface area (Å²) in [5, 5.41) is 11.7. The second-order valence-electron chi connectivity index (χ2n) is 8.82. The van der Waals surface area contributed by atoms with Gasteiger partial charge in [0.2, 0.25) is 0 Å². The van der Waals surface area contributed by atoms with Crippen LogP contribution in [0.4, 0.5) is 24.5 Å². The zero-order valence-electron chi connectivity index (χ0n) is 18.9. The predicted molar refractivity (Wildman–Crippen MR) is 124 cm³/mol. The van der Waals surface area contributed by atoms with Gasteiger partial charge in [-0.2, -0.15) is 13.2 Å². The van der Waals surface area contributed by atoms with Gasteiger partial charge in [0.25, 0.3) is 5.91 Å². The van der Waals surface area contributed by atoms with E-state index >= 15 is 0 Å². The number of carbonyl (C=O) groups is 1. The number of fused-ring (bicyclic) bond motifs is 1. The number of nitrogens with zero attached hydrogens (tertiary/aromatic N) is 3. The van der Waals surface area contributed by atoms with E-state index < -0.39 is 28.8 Å². The number of hydrogen-bond acceptors (Lipinski definition) is 3. The van der Waals surface area contributed by atoms with Crippen molar-refractivity contribution in [3.05, 3.63) is 69.5 Å². The number of hydrogen-bond donors (Lipinski definition) is 1. The van der Waals surface area contributed by atoms with Gasteiger partial charge >= 0.3 is 6.18 Å². The summed E-state index contributed by atoms with van der Waals surface area (Å²) in [5.41, 5.74) is -4.82. The van der Waals surface area contributed by atoms with E-state index in [1.807, 2.05) is 0 Å². The molecule has 1 heterocycles. The van der Waals surface area contributed by atoms with Crippen LogP contribution in [0.5, 0.6) is 0 Å². The fourth-order valence-electron chi connectivity index (χ4n) is 5.24. The first-order valence-electron chi connectivity index (χ1n) is 11.2. The average molecular weight is 492 g/mol. The molecule has 0 saturated heterocycles. The molecule has 1 amide bonds. The van der Waals surface area contributed by atoms with Gasteiger partial charge in [0.15, 0.2) is 11.3 Å². The van der Waals surface area contributed by atoms with Gasteiger partial charge in [0.05, 0.1) is 12.1 Å². The Kier molecular flexibility index (Phi) is 6.40. The van der Waals surface area contributed by atoms with Crippen LogP contribution in [0.2, 0.25) is 5.02 Å². The van der Waals surface area contributed by atoms with Gasteiger partial charge in [0.1, 0.15) is 0 Å². The molecular formula is C25H25ClF3N3O2. The van der Waals surface area contributed by atoms with Gasteiger partial charge in [-0.3, -0.25) is 4.79 Å². The first-order chi connectivity index (χ1) is 16.1. The van der Waals surface area contributed by atoms with Crippen molar-refractivity contribution >= 4 is 28.9 Å². The van der Waals surface area contributed by atoms with E-state index in [9.17, 15) is 23.1 Å². The largest absolute Gasteiger partial charge is 0.415 e. The van der Waals surface area contributed by atoms with Gasteiger partial charge in [-0.1, -0.05) is 43.6 Å². The minimum Gasteiger partial charge on any atom is -0.372 e. The highest BCUT2D eigenvalue weighted by Gasteiger charge is 2.57. The lowest BCUT2D eigenvalue weighted by Gasteiger charge is -2.43. The Balaban J connectivity index is 1.82. The van der Waals surface area contributed by atoms with E-state index in [0.29, 0.717) is 12.1 Å². The lowest BCUT2D eigenvalue weighted by Crippen LogP contribution is -2.50. The van der Waals surface area contributed by atoms with Crippen molar-refractivity contribution in [1.82, 2.24) is 4.90 Å². The Morgan fingerprint density at radius 1 is 1.24 bits per heavy atom. The highest BCUT2D eigenvalue weighted by Crippen LogP contribution is 2.53. The maximum atomic E-state index is 14.1. The molecule has 1 saturated carbocycles. The van der Waals surface area contributed by atoms with Gasteiger partial charge < -0.3 is 14.9 Å². The molecule has 9 heteroatoms. The summed E-state index contributed by atoms with van der Waals surface area (Å²) in [6.45, 7) is 13.4. The first kappa shape index (κ1) is 24.5. The minimum absolute atomic E-state index is 0.0150. The highest BCUT2D eigenvalue weighted by molar-refractivity contribution is 6.32. The first-order valence-corrected chi connectivity index (χ1v) is 11.6. The van der Waals surface area contributed by atoms with Gasteiger partial charge in [0, 0.05) is 34.4 Å². The molecule has 4 rings (SSSR count). The van der Waals surface area contributed by atoms with Crippen molar-refractivity contribution in [2.75, 3.05) is 24.5 Å². The summed E-state index contributed by atoms with van der Waals surface area (Å²) in [7, 11) is 0. The Morgan fingerprint density at radius 2 is 1.88 bits per heavy atom. The molecule has 1 aliphatic carbocycles. The number of amides is 1. The van der Waals surface area contributed by atoms with Crippen LogP contribution in [0.3, 0.4) is 0 Å². The summed E-state index contributed by atoms with van der Waals surface area (Å²) in [6.07, 6.45) is -3.28. The molecule has 1 unspecified atom stereocenters. The molecule has 2 aliphatic rings. The van der Waals surface area contributed by atoms with Crippen molar-refractivity contribution in [3.8, 4) is 0 Å². The average Bonchev–Trinajstić information content (AvgIpc) is 2.99. The number of carbonyl (C=O) groups excluding carboxylic acids is 1. The molecule has 0 bridgehead atoms. The molecular weight excluding hydrogens is 467 g/mol. The van der Waals surface area contributed by atoms with Crippen LogP contribution in [0, 0.1) is 12.5 Å². The van der Waals surface area contributed by atoms with Crippen LogP contribution < -0.4 is 4.90 Å². The lowest BCUT2D eigenvalue weighted by atomic mass is 9.78. The second-order valence-corrected chi connectivity index (χ2v) is 9.22. The maximum absolute atomic E-state index is 14.1. The van der Waals surface area contributed by atoms with Crippen LogP contribution >= 0.6 is 11.6 Å². The van der Waals surface area contributed by atoms with E-state index in [1.165, 1.54) is 29.2 Å². The smallest absolute Gasteiger partial charge is 0.372 e. The lowest BCUT2D eigenvalue weighted by molar-refractivity contribution is -0.142. The Hall–Kier alpha value is -2.60. The van der Waals surface area contributed by atoms with Crippen molar-refractivity contribution < 1.29 is 23.1 Å². The SMILES string of the molecule is [C-]#[N+]c1cc2c(c(C(F)(F)F)c1)C(O)(c1ccccc1Cl)C(=O)N2CC1CC(N(CC)CC)C1. The van der Waals surface area contributed by atoms with E-state index in [1.54, 1.807) is 6.07 Å². The molecule has 1 atom stereocenters. The monoisotopic (exact) mass is 491 g/mol. The van der Waals surface area contributed by atoms with Crippen LogP contribution in [0.15, 0.2) is 36.4 Å². The minimum atomic E-state index is -4.89. The fraction of sp³-hybridized carbons (Fsp3) is 0.440. The van der Waals surface area contributed by atoms with Crippen molar-refractivity contribution in [2.24, 2.45) is 5.92 Å². The fourth-order valence-corrected chi connectivity index (χ4v) is 5.51. The zero-order valence-corrected chi connectivity index (χ0v) is 19.6. The number of aliphatic hydroxyl groups is 1. The third-order valence-electron chi connectivity index (χ3n) is 6.99. The summed E-state index contributed by atoms with van der Waals surface area (Å²) < 4.78 is 42.4. The molecule has 0 spiro atoms. The third-order valence-corrected chi connectivity index (χ3v) is 7.32. The number of rotatable bonds is 6. The van der Waals surface area contributed by atoms with Gasteiger partial charge in [-0.25, -0.2) is 4.85 Å². The molecule has 5 nitrogen and oxygen atoms in total. The van der Waals surface area contributed by atoms with Crippen molar-refractivity contribution in [2.45, 2.75) is 44.5 Å². The van der Waals surface area contributed by atoms with Crippen molar-refractivity contribution in [1.29, 1.82) is 0 Å². The molecule has 1 fully saturated rings. The van der Waals surface area contributed by atoms with Crippen LogP contribution in [-0.2, 0) is 16.6 Å². The molecule has 1 aliphatic heterocycles. The molecule has 2 aromatic rings. The summed E-state index contributed by atoms with van der Waals surface area (Å²) in [5.74, 6) is -0.809. The topological polar surface area (TPSA) is 48.1 Å². The van der Waals surface area contributed by atoms with E-state index in [2.05, 4.69) is 23.6 Å². The normalized spacial score (nSPS) is 24.2. The third kappa shape index (κ3) is 3.86. The highest BCUT2D eigenvalue weighted by atomic mass is 35.5. The molecule has 1 N–H and O–H groups in total. The molecule has 2 aromatic carbocycles. The summed E-state index contributed by atoms with van der Waals surface area (Å²) >= 11 is 6.26. The number of alkyl halides is 3. The van der Waals surface area contributed by atoms with Crippen LogP contribution in [0.25, 0.3) is 4.85 Å². The Labute approximate surface area is 201 Å². The van der Waals surface area contributed by atoms with E-state index in [-0.39, 0.29) is 34.4 Å². The van der Waals surface area contributed by atoms with Gasteiger partial charge in [-0.15, -0.1) is 0 Å². The van der Waals surface area contributed by atoms with Gasteiger partial charge in [-0.05, 0) is 50.0 Å². The summed E-state index contributed by atoms with van der Waals surface area (Å²) in [6, 6.07) is 8.16. The molecule has 180 valence electrons. The zero-order chi connectivity index (χ0) is 24.8. The van der Waals surface area contributed by atoms with E-state index in [4.69, 9.17) is 18.2 Å². The standard InChI is InChI=1S/C25H25ClF3N3O2/c1-4-31(5-2)17-10-15(11-17)14-32-21-13-16(30-3)12-19(25(27,28)29)22(21)24(34,23(32)33)18-8-6-7-9-20(18)26/h6-9,12-13,15,17,34H,4-5,10-11,14H2,1-2H3. The summed E-state index contributed by atoms with van der Waals surface area (Å²) in [4.78, 5) is 20.4. The molecule has 34 heavy (non-hydrogen) atoms. The predicted octanol–water partition coefficient (Wildman–Crippen LogP) is 5.61. The van der Waals surface area contributed by atoms with Crippen LogP contribution in [0.1, 0.15) is 43.4 Å². The Bertz CT molecular complexity index is 1150. The maximum Gasteiger partial charge on any atom is 0.415 e. The van der Waals surface area contributed by atoms with E-state index in [0.717, 1.165) is 25.9 Å². The van der Waals surface area contributed by atoms with Crippen LogP contribution in [-0.4, -0.2) is 41.6 Å². The number of benzene rings is 2. The quantitative estimate of drug-likeness (QED) is 0.534. The molecule has 0 radical (unpaired) electrons.